The van der Waals surface area contributed by atoms with Crippen LogP contribution in [0.1, 0.15) is 40.2 Å². The highest BCUT2D eigenvalue weighted by molar-refractivity contribution is 5.93. The lowest BCUT2D eigenvalue weighted by Crippen LogP contribution is -2.14. The lowest BCUT2D eigenvalue weighted by Gasteiger charge is -2.18. The van der Waals surface area contributed by atoms with Crippen LogP contribution in [-0.4, -0.2) is 26.0 Å². The van der Waals surface area contributed by atoms with Gasteiger partial charge in [0.2, 0.25) is 0 Å². The number of fused-ring (bicyclic) bond motifs is 1. The minimum absolute atomic E-state index is 0.227. The zero-order chi connectivity index (χ0) is 14.7. The molecular weight excluding hydrogens is 268 g/mol. The second-order valence-corrected chi connectivity index (χ2v) is 5.06. The van der Waals surface area contributed by atoms with Crippen LogP contribution >= 0.6 is 0 Å². The fourth-order valence-corrected chi connectivity index (χ4v) is 2.53. The Hall–Kier alpha value is -2.50. The van der Waals surface area contributed by atoms with Crippen molar-refractivity contribution >= 4 is 11.8 Å². The molecule has 2 aromatic heterocycles. The SMILES string of the molecule is O=C(O)c1cc2c(nc1NCc1ccncn1)CCCC2. The summed E-state index contributed by atoms with van der Waals surface area (Å²) in [6.07, 6.45) is 7.16. The summed E-state index contributed by atoms with van der Waals surface area (Å²) in [5.74, 6) is -0.539. The molecule has 0 fully saturated rings. The quantitative estimate of drug-likeness (QED) is 0.893. The molecule has 0 unspecified atom stereocenters. The van der Waals surface area contributed by atoms with E-state index in [1.807, 2.05) is 0 Å². The number of hydrogen-bond acceptors (Lipinski definition) is 5. The van der Waals surface area contributed by atoms with Gasteiger partial charge in [-0.2, -0.15) is 0 Å². The van der Waals surface area contributed by atoms with Gasteiger partial charge < -0.3 is 10.4 Å². The summed E-state index contributed by atoms with van der Waals surface area (Å²) in [5, 5.41) is 12.4. The third-order valence-electron chi connectivity index (χ3n) is 3.61. The van der Waals surface area contributed by atoms with Crippen LogP contribution in [-0.2, 0) is 19.4 Å². The summed E-state index contributed by atoms with van der Waals surface area (Å²) < 4.78 is 0. The Labute approximate surface area is 122 Å². The molecule has 108 valence electrons. The van der Waals surface area contributed by atoms with Crippen molar-refractivity contribution in [2.24, 2.45) is 0 Å². The third-order valence-corrected chi connectivity index (χ3v) is 3.61. The molecule has 0 saturated carbocycles. The van der Waals surface area contributed by atoms with E-state index < -0.39 is 5.97 Å². The summed E-state index contributed by atoms with van der Waals surface area (Å²) in [5.41, 5.74) is 3.09. The van der Waals surface area contributed by atoms with Crippen molar-refractivity contribution in [2.75, 3.05) is 5.32 Å². The zero-order valence-corrected chi connectivity index (χ0v) is 11.5. The fraction of sp³-hybridized carbons (Fsp3) is 0.333. The molecule has 0 atom stereocenters. The topological polar surface area (TPSA) is 88.0 Å². The van der Waals surface area contributed by atoms with Gasteiger partial charge in [-0.15, -0.1) is 0 Å². The van der Waals surface area contributed by atoms with Gasteiger partial charge in [0.25, 0.3) is 0 Å². The molecule has 2 N–H and O–H groups in total. The second-order valence-electron chi connectivity index (χ2n) is 5.06. The Morgan fingerprint density at radius 3 is 2.95 bits per heavy atom. The van der Waals surface area contributed by atoms with Crippen LogP contribution in [0.3, 0.4) is 0 Å². The number of nitrogens with zero attached hydrogens (tertiary/aromatic N) is 3. The van der Waals surface area contributed by atoms with Gasteiger partial charge >= 0.3 is 5.97 Å². The van der Waals surface area contributed by atoms with Crippen LogP contribution < -0.4 is 5.32 Å². The van der Waals surface area contributed by atoms with Crippen molar-refractivity contribution in [3.63, 3.8) is 0 Å². The first-order valence-corrected chi connectivity index (χ1v) is 6.99. The van der Waals surface area contributed by atoms with E-state index in [0.717, 1.165) is 42.6 Å². The number of aromatic carboxylic acids is 1. The van der Waals surface area contributed by atoms with E-state index in [2.05, 4.69) is 20.3 Å². The van der Waals surface area contributed by atoms with Crippen LogP contribution in [0.4, 0.5) is 5.82 Å². The van der Waals surface area contributed by atoms with Crippen LogP contribution in [0.25, 0.3) is 0 Å². The molecule has 6 heteroatoms. The molecule has 1 aliphatic rings. The fourth-order valence-electron chi connectivity index (χ4n) is 2.53. The van der Waals surface area contributed by atoms with E-state index in [1.54, 1.807) is 18.3 Å². The largest absolute Gasteiger partial charge is 0.478 e. The highest BCUT2D eigenvalue weighted by atomic mass is 16.4. The monoisotopic (exact) mass is 284 g/mol. The average Bonchev–Trinajstić information content (AvgIpc) is 2.53. The molecule has 3 rings (SSSR count). The predicted octanol–water partition coefficient (Wildman–Crippen LogP) is 2.06. The lowest BCUT2D eigenvalue weighted by atomic mass is 9.94. The predicted molar refractivity (Wildman–Crippen MR) is 77.2 cm³/mol. The average molecular weight is 284 g/mol. The summed E-state index contributed by atoms with van der Waals surface area (Å²) in [6.45, 7) is 0.425. The van der Waals surface area contributed by atoms with Crippen LogP contribution in [0, 0.1) is 0 Å². The van der Waals surface area contributed by atoms with Crippen LogP contribution in [0.2, 0.25) is 0 Å². The van der Waals surface area contributed by atoms with E-state index in [1.165, 1.54) is 6.33 Å². The summed E-state index contributed by atoms with van der Waals surface area (Å²) in [6, 6.07) is 3.54. The van der Waals surface area contributed by atoms with Crippen molar-refractivity contribution < 1.29 is 9.90 Å². The first kappa shape index (κ1) is 13.5. The molecule has 6 nitrogen and oxygen atoms in total. The van der Waals surface area contributed by atoms with Crippen LogP contribution in [0.15, 0.2) is 24.7 Å². The molecule has 2 heterocycles. The molecule has 0 aromatic carbocycles. The number of hydrogen-bond donors (Lipinski definition) is 2. The van der Waals surface area contributed by atoms with Crippen molar-refractivity contribution in [1.82, 2.24) is 15.0 Å². The number of nitrogens with one attached hydrogen (secondary N) is 1. The lowest BCUT2D eigenvalue weighted by molar-refractivity contribution is 0.0697. The Balaban J connectivity index is 1.87. The minimum Gasteiger partial charge on any atom is -0.478 e. The first-order valence-electron chi connectivity index (χ1n) is 6.99. The Kier molecular flexibility index (Phi) is 3.77. The van der Waals surface area contributed by atoms with Gasteiger partial charge in [-0.05, 0) is 43.4 Å². The Bertz CT molecular complexity index is 658. The first-order chi connectivity index (χ1) is 10.2. The number of pyridine rings is 1. The van der Waals surface area contributed by atoms with Crippen molar-refractivity contribution in [3.05, 3.63) is 47.2 Å². The smallest absolute Gasteiger partial charge is 0.339 e. The second kappa shape index (κ2) is 5.87. The molecule has 0 bridgehead atoms. The summed E-state index contributed by atoms with van der Waals surface area (Å²) in [7, 11) is 0. The van der Waals surface area contributed by atoms with Gasteiger partial charge in [0.1, 0.15) is 17.7 Å². The van der Waals surface area contributed by atoms with E-state index in [9.17, 15) is 9.90 Å². The van der Waals surface area contributed by atoms with Crippen LogP contribution in [0.5, 0.6) is 0 Å². The molecule has 0 saturated heterocycles. The number of aryl methyl sites for hydroxylation is 2. The zero-order valence-electron chi connectivity index (χ0n) is 11.5. The molecule has 0 aliphatic heterocycles. The van der Waals surface area contributed by atoms with Gasteiger partial charge in [-0.1, -0.05) is 0 Å². The number of aromatic nitrogens is 3. The van der Waals surface area contributed by atoms with Crippen molar-refractivity contribution in [1.29, 1.82) is 0 Å². The van der Waals surface area contributed by atoms with E-state index in [4.69, 9.17) is 0 Å². The number of carboxylic acids is 1. The summed E-state index contributed by atoms with van der Waals surface area (Å²) in [4.78, 5) is 23.9. The molecular formula is C15H16N4O2. The third kappa shape index (κ3) is 2.99. The van der Waals surface area contributed by atoms with Crippen molar-refractivity contribution in [2.45, 2.75) is 32.2 Å². The molecule has 0 amide bonds. The van der Waals surface area contributed by atoms with Crippen molar-refractivity contribution in [3.8, 4) is 0 Å². The van der Waals surface area contributed by atoms with Gasteiger partial charge in [-0.25, -0.2) is 19.7 Å². The number of carboxylic acid groups (broad SMARTS) is 1. The number of carbonyl (C=O) groups is 1. The van der Waals surface area contributed by atoms with Gasteiger partial charge in [0, 0.05) is 11.9 Å². The maximum absolute atomic E-state index is 11.4. The number of rotatable bonds is 4. The van der Waals surface area contributed by atoms with Gasteiger partial charge in [0.15, 0.2) is 0 Å². The Morgan fingerprint density at radius 1 is 1.33 bits per heavy atom. The molecule has 2 aromatic rings. The van der Waals surface area contributed by atoms with E-state index in [-0.39, 0.29) is 5.56 Å². The van der Waals surface area contributed by atoms with Gasteiger partial charge in [-0.3, -0.25) is 0 Å². The maximum Gasteiger partial charge on any atom is 0.339 e. The standard InChI is InChI=1S/C15H16N4O2/c20-15(21)12-7-10-3-1-2-4-13(10)19-14(12)17-8-11-5-6-16-9-18-11/h5-7,9H,1-4,8H2,(H,17,19)(H,20,21). The normalized spacial score (nSPS) is 13.5. The van der Waals surface area contributed by atoms with Gasteiger partial charge in [0.05, 0.1) is 12.2 Å². The Morgan fingerprint density at radius 2 is 2.19 bits per heavy atom. The molecule has 1 aliphatic carbocycles. The van der Waals surface area contributed by atoms with E-state index >= 15 is 0 Å². The number of anilines is 1. The maximum atomic E-state index is 11.4. The molecule has 0 spiro atoms. The molecule has 21 heavy (non-hydrogen) atoms. The molecule has 0 radical (unpaired) electrons. The highest BCUT2D eigenvalue weighted by Crippen LogP contribution is 2.25. The highest BCUT2D eigenvalue weighted by Gasteiger charge is 2.18. The minimum atomic E-state index is -0.957. The van der Waals surface area contributed by atoms with E-state index in [0.29, 0.717) is 12.4 Å². The summed E-state index contributed by atoms with van der Waals surface area (Å²) >= 11 is 0.